The smallest absolute Gasteiger partial charge is 0.336 e. The van der Waals surface area contributed by atoms with Crippen LogP contribution in [-0.4, -0.2) is 39.5 Å². The van der Waals surface area contributed by atoms with E-state index in [-0.39, 0.29) is 24.4 Å². The molecule has 0 bridgehead atoms. The van der Waals surface area contributed by atoms with Crippen molar-refractivity contribution in [2.75, 3.05) is 13.9 Å². The largest absolute Gasteiger partial charge is 0.497 e. The van der Waals surface area contributed by atoms with Crippen LogP contribution in [0.15, 0.2) is 66.2 Å². The second-order valence-corrected chi connectivity index (χ2v) is 8.08. The average molecular weight is 474 g/mol. The molecular formula is C25H18N2O6S. The summed E-state index contributed by atoms with van der Waals surface area (Å²) in [6.07, 6.45) is 0.0828. The number of fused-ring (bicyclic) bond motifs is 2. The van der Waals surface area contributed by atoms with Gasteiger partial charge in [-0.25, -0.2) is 4.79 Å². The molecule has 9 heteroatoms. The number of carbonyl (C=O) groups excluding carboxylic acids is 1. The third-order valence-electron chi connectivity index (χ3n) is 5.48. The average Bonchev–Trinajstić information content (AvgIpc) is 3.51. The Labute approximate surface area is 198 Å². The molecule has 2 heterocycles. The van der Waals surface area contributed by atoms with Crippen LogP contribution in [0.25, 0.3) is 16.6 Å². The summed E-state index contributed by atoms with van der Waals surface area (Å²) in [7, 11) is 1.55. The van der Waals surface area contributed by atoms with E-state index in [1.807, 2.05) is 6.07 Å². The molecule has 0 fully saturated rings. The number of hydrogen-bond acceptors (Lipinski definition) is 8. The Balaban J connectivity index is 1.68. The molecule has 0 saturated heterocycles. The summed E-state index contributed by atoms with van der Waals surface area (Å²) in [5.41, 5.74) is 2.67. The number of allylic oxidation sites excluding steroid dienone is 1. The van der Waals surface area contributed by atoms with Crippen LogP contribution in [0.3, 0.4) is 0 Å². The number of nitrogens with zero attached hydrogens (tertiary/aromatic N) is 2. The number of Topliss-reactive ketones (excluding diaryl/α,β-unsaturated/α-hetero) is 1. The normalized spacial score (nSPS) is 13.0. The van der Waals surface area contributed by atoms with Crippen molar-refractivity contribution in [3.8, 4) is 17.2 Å². The van der Waals surface area contributed by atoms with E-state index in [0.29, 0.717) is 39.4 Å². The number of ether oxygens (including phenoxy) is 3. The molecule has 1 aliphatic rings. The van der Waals surface area contributed by atoms with Crippen molar-refractivity contribution in [2.24, 2.45) is 0 Å². The van der Waals surface area contributed by atoms with Crippen LogP contribution >= 0.6 is 11.7 Å². The van der Waals surface area contributed by atoms with Crippen molar-refractivity contribution in [3.05, 3.63) is 82.9 Å². The van der Waals surface area contributed by atoms with E-state index in [1.54, 1.807) is 61.7 Å². The maximum atomic E-state index is 13.8. The fraction of sp³-hybridized carbons (Fsp3) is 0.120. The van der Waals surface area contributed by atoms with Crippen LogP contribution in [0.2, 0.25) is 0 Å². The predicted octanol–water partition coefficient (Wildman–Crippen LogP) is 4.39. The molecular weight excluding hydrogens is 456 g/mol. The Bertz CT molecular complexity index is 1460. The Hall–Kier alpha value is -4.24. The van der Waals surface area contributed by atoms with Gasteiger partial charge in [0.2, 0.25) is 6.79 Å². The van der Waals surface area contributed by atoms with Gasteiger partial charge >= 0.3 is 5.97 Å². The van der Waals surface area contributed by atoms with Crippen molar-refractivity contribution in [2.45, 2.75) is 6.42 Å². The molecule has 5 rings (SSSR count). The van der Waals surface area contributed by atoms with E-state index in [4.69, 9.17) is 14.2 Å². The maximum Gasteiger partial charge on any atom is 0.336 e. The number of aliphatic carboxylic acids is 1. The summed E-state index contributed by atoms with van der Waals surface area (Å²) in [6, 6.07) is 17.0. The highest BCUT2D eigenvalue weighted by Gasteiger charge is 2.26. The van der Waals surface area contributed by atoms with Crippen LogP contribution < -0.4 is 14.2 Å². The number of hydrogen-bond donors (Lipinski definition) is 1. The Morgan fingerprint density at radius 3 is 2.59 bits per heavy atom. The lowest BCUT2D eigenvalue weighted by Crippen LogP contribution is -2.14. The molecule has 170 valence electrons. The first-order valence-corrected chi connectivity index (χ1v) is 11.0. The highest BCUT2D eigenvalue weighted by Crippen LogP contribution is 2.35. The second kappa shape index (κ2) is 8.95. The van der Waals surface area contributed by atoms with Crippen LogP contribution in [-0.2, 0) is 11.2 Å². The lowest BCUT2D eigenvalue weighted by Gasteiger charge is -2.14. The second-order valence-electron chi connectivity index (χ2n) is 7.55. The molecule has 3 aromatic carbocycles. The van der Waals surface area contributed by atoms with Gasteiger partial charge in [-0.2, -0.15) is 8.75 Å². The number of benzene rings is 3. The van der Waals surface area contributed by atoms with Crippen molar-refractivity contribution in [3.63, 3.8) is 0 Å². The minimum absolute atomic E-state index is 0.0710. The number of carboxylic acid groups (broad SMARTS) is 1. The first-order chi connectivity index (χ1) is 16.5. The molecule has 0 radical (unpaired) electrons. The Morgan fingerprint density at radius 1 is 0.971 bits per heavy atom. The van der Waals surface area contributed by atoms with Crippen LogP contribution in [0, 0.1) is 0 Å². The van der Waals surface area contributed by atoms with Gasteiger partial charge in [-0.05, 0) is 53.6 Å². The van der Waals surface area contributed by atoms with E-state index in [1.165, 1.54) is 0 Å². The monoisotopic (exact) mass is 474 g/mol. The van der Waals surface area contributed by atoms with Crippen LogP contribution in [0.5, 0.6) is 17.2 Å². The molecule has 0 amide bonds. The van der Waals surface area contributed by atoms with E-state index in [0.717, 1.165) is 17.3 Å². The zero-order valence-electron chi connectivity index (χ0n) is 18.0. The number of aromatic nitrogens is 2. The lowest BCUT2D eigenvalue weighted by atomic mass is 9.89. The first kappa shape index (κ1) is 21.6. The summed E-state index contributed by atoms with van der Waals surface area (Å²) in [5.74, 6) is -0.0444. The van der Waals surface area contributed by atoms with Gasteiger partial charge < -0.3 is 19.3 Å². The minimum Gasteiger partial charge on any atom is -0.497 e. The quantitative estimate of drug-likeness (QED) is 0.310. The van der Waals surface area contributed by atoms with Gasteiger partial charge in [-0.15, -0.1) is 0 Å². The lowest BCUT2D eigenvalue weighted by molar-refractivity contribution is -0.130. The van der Waals surface area contributed by atoms with Gasteiger partial charge in [0.15, 0.2) is 17.3 Å². The highest BCUT2D eigenvalue weighted by atomic mass is 32.1. The molecule has 8 nitrogen and oxygen atoms in total. The number of rotatable bonds is 7. The maximum absolute atomic E-state index is 13.8. The number of methoxy groups -OCH3 is 1. The molecule has 1 aliphatic heterocycles. The van der Waals surface area contributed by atoms with E-state index in [2.05, 4.69) is 8.75 Å². The fourth-order valence-electron chi connectivity index (χ4n) is 3.85. The number of ketones is 1. The van der Waals surface area contributed by atoms with Gasteiger partial charge in [0.25, 0.3) is 0 Å². The topological polar surface area (TPSA) is 108 Å². The summed E-state index contributed by atoms with van der Waals surface area (Å²) in [6.45, 7) is 0.0710. The molecule has 0 unspecified atom stereocenters. The molecule has 1 aromatic heterocycles. The zero-order chi connectivity index (χ0) is 23.7. The van der Waals surface area contributed by atoms with Gasteiger partial charge in [-0.1, -0.05) is 18.2 Å². The van der Waals surface area contributed by atoms with Crippen molar-refractivity contribution in [1.82, 2.24) is 8.75 Å². The van der Waals surface area contributed by atoms with E-state index >= 15 is 0 Å². The van der Waals surface area contributed by atoms with Gasteiger partial charge in [0.05, 0.1) is 24.4 Å². The fourth-order valence-corrected chi connectivity index (χ4v) is 4.36. The number of carbonyl (C=O) groups is 2. The predicted molar refractivity (Wildman–Crippen MR) is 126 cm³/mol. The van der Waals surface area contributed by atoms with Gasteiger partial charge in [-0.3, -0.25) is 4.79 Å². The zero-order valence-corrected chi connectivity index (χ0v) is 18.8. The van der Waals surface area contributed by atoms with Gasteiger partial charge in [0, 0.05) is 17.6 Å². The summed E-state index contributed by atoms with van der Waals surface area (Å²) >= 11 is 1.04. The van der Waals surface area contributed by atoms with E-state index < -0.39 is 11.8 Å². The first-order valence-electron chi connectivity index (χ1n) is 10.3. The molecule has 34 heavy (non-hydrogen) atoms. The summed E-state index contributed by atoms with van der Waals surface area (Å²) in [4.78, 5) is 26.3. The van der Waals surface area contributed by atoms with Crippen molar-refractivity contribution >= 4 is 40.1 Å². The number of carboxylic acids is 1. The minimum atomic E-state index is -1.21. The van der Waals surface area contributed by atoms with Crippen molar-refractivity contribution < 1.29 is 28.9 Å². The molecule has 0 spiro atoms. The third-order valence-corrected chi connectivity index (χ3v) is 6.04. The summed E-state index contributed by atoms with van der Waals surface area (Å²) < 4.78 is 24.4. The molecule has 0 aliphatic carbocycles. The van der Waals surface area contributed by atoms with Crippen LogP contribution in [0.1, 0.15) is 21.5 Å². The Morgan fingerprint density at radius 2 is 1.76 bits per heavy atom. The summed E-state index contributed by atoms with van der Waals surface area (Å²) in [5, 5.41) is 10.2. The highest BCUT2D eigenvalue weighted by molar-refractivity contribution is 7.00. The third kappa shape index (κ3) is 4.08. The Kier molecular flexibility index (Phi) is 5.69. The van der Waals surface area contributed by atoms with Crippen LogP contribution in [0.4, 0.5) is 0 Å². The molecule has 1 N–H and O–H groups in total. The standard InChI is InChI=1S/C25H18N2O6S/c1-31-17-4-2-3-14(9-17)10-18(24(28)16-6-8-21-22(12-16)33-13-32-21)23(25(29)30)15-5-7-19-20(11-15)27-34-26-19/h2-9,11-12H,10,13H2,1H3,(H,29,30). The molecule has 0 atom stereocenters. The van der Waals surface area contributed by atoms with Gasteiger partial charge in [0.1, 0.15) is 16.8 Å². The van der Waals surface area contributed by atoms with E-state index in [9.17, 15) is 14.7 Å². The van der Waals surface area contributed by atoms with Crippen molar-refractivity contribution in [1.29, 1.82) is 0 Å². The molecule has 4 aromatic rings. The molecule has 0 saturated carbocycles. The SMILES string of the molecule is COc1cccc(CC(C(=O)c2ccc3c(c2)OCO3)=C(C(=O)O)c2ccc3nsnc3c2)c1.